The fraction of sp³-hybridized carbons (Fsp3) is 0.571. The second-order valence-corrected chi connectivity index (χ2v) is 7.09. The summed E-state index contributed by atoms with van der Waals surface area (Å²) in [5.74, 6) is 6.52. The SMILES string of the molecule is C#CCOc1cc(CNC(=NC)N2CC3CCCCC3C2)ccc1OC.I. The van der Waals surface area contributed by atoms with Crippen LogP contribution < -0.4 is 14.8 Å². The summed E-state index contributed by atoms with van der Waals surface area (Å²) < 4.78 is 10.9. The van der Waals surface area contributed by atoms with Gasteiger partial charge >= 0.3 is 0 Å². The molecule has 0 bridgehead atoms. The molecule has 1 aromatic rings. The maximum absolute atomic E-state index is 5.59. The van der Waals surface area contributed by atoms with Gasteiger partial charge in [-0.05, 0) is 42.4 Å². The summed E-state index contributed by atoms with van der Waals surface area (Å²) >= 11 is 0. The topological polar surface area (TPSA) is 46.1 Å². The molecule has 0 spiro atoms. The van der Waals surface area contributed by atoms with Crippen molar-refractivity contribution in [3.8, 4) is 23.8 Å². The third-order valence-electron chi connectivity index (χ3n) is 5.48. The highest BCUT2D eigenvalue weighted by molar-refractivity contribution is 14.0. The van der Waals surface area contributed by atoms with Crippen molar-refractivity contribution in [3.63, 3.8) is 0 Å². The largest absolute Gasteiger partial charge is 0.493 e. The van der Waals surface area contributed by atoms with Crippen molar-refractivity contribution in [1.29, 1.82) is 0 Å². The Morgan fingerprint density at radius 2 is 1.96 bits per heavy atom. The third-order valence-corrected chi connectivity index (χ3v) is 5.48. The van der Waals surface area contributed by atoms with Crippen molar-refractivity contribution < 1.29 is 9.47 Å². The number of fused-ring (bicyclic) bond motifs is 1. The van der Waals surface area contributed by atoms with E-state index in [1.807, 2.05) is 25.2 Å². The van der Waals surface area contributed by atoms with Gasteiger partial charge in [0.1, 0.15) is 6.61 Å². The van der Waals surface area contributed by atoms with Gasteiger partial charge in [0.15, 0.2) is 17.5 Å². The van der Waals surface area contributed by atoms with Crippen molar-refractivity contribution in [2.75, 3.05) is 33.9 Å². The molecule has 0 amide bonds. The smallest absolute Gasteiger partial charge is 0.193 e. The lowest BCUT2D eigenvalue weighted by molar-refractivity contribution is 0.299. The predicted octanol–water partition coefficient (Wildman–Crippen LogP) is 3.52. The molecule has 2 aliphatic rings. The maximum atomic E-state index is 5.59. The fourth-order valence-electron chi connectivity index (χ4n) is 4.16. The van der Waals surface area contributed by atoms with Gasteiger partial charge in [-0.25, -0.2) is 0 Å². The molecular weight excluding hydrogens is 453 g/mol. The van der Waals surface area contributed by atoms with Gasteiger partial charge in [0.05, 0.1) is 7.11 Å². The molecule has 1 saturated carbocycles. The van der Waals surface area contributed by atoms with Gasteiger partial charge in [-0.2, -0.15) is 0 Å². The average molecular weight is 483 g/mol. The highest BCUT2D eigenvalue weighted by atomic mass is 127. The minimum atomic E-state index is 0. The first-order chi connectivity index (χ1) is 12.7. The van der Waals surface area contributed by atoms with Crippen molar-refractivity contribution >= 4 is 29.9 Å². The molecule has 1 N–H and O–H groups in total. The first kappa shape index (κ1) is 21.7. The average Bonchev–Trinajstić information content (AvgIpc) is 3.10. The molecule has 2 atom stereocenters. The Labute approximate surface area is 179 Å². The number of hydrogen-bond acceptors (Lipinski definition) is 3. The van der Waals surface area contributed by atoms with Crippen LogP contribution in [0.1, 0.15) is 31.2 Å². The second-order valence-electron chi connectivity index (χ2n) is 7.09. The maximum Gasteiger partial charge on any atom is 0.193 e. The number of halogens is 1. The van der Waals surface area contributed by atoms with Crippen LogP contribution in [0.4, 0.5) is 0 Å². The summed E-state index contributed by atoms with van der Waals surface area (Å²) in [7, 11) is 3.49. The Hall–Kier alpha value is -1.62. The predicted molar refractivity (Wildman–Crippen MR) is 120 cm³/mol. The van der Waals surface area contributed by atoms with E-state index < -0.39 is 0 Å². The highest BCUT2D eigenvalue weighted by Crippen LogP contribution is 2.36. The lowest BCUT2D eigenvalue weighted by Gasteiger charge is -2.22. The summed E-state index contributed by atoms with van der Waals surface area (Å²) in [4.78, 5) is 6.91. The number of nitrogens with zero attached hydrogens (tertiary/aromatic N) is 2. The Bertz CT molecular complexity index is 672. The van der Waals surface area contributed by atoms with Crippen LogP contribution in [0.3, 0.4) is 0 Å². The molecule has 1 aliphatic carbocycles. The van der Waals surface area contributed by atoms with E-state index in [0.29, 0.717) is 18.0 Å². The molecule has 0 radical (unpaired) electrons. The van der Waals surface area contributed by atoms with E-state index in [1.165, 1.54) is 25.7 Å². The molecule has 0 aromatic heterocycles. The van der Waals surface area contributed by atoms with Gasteiger partial charge in [-0.3, -0.25) is 4.99 Å². The second kappa shape index (κ2) is 10.6. The number of guanidine groups is 1. The van der Waals surface area contributed by atoms with Gasteiger partial charge < -0.3 is 19.7 Å². The monoisotopic (exact) mass is 483 g/mol. The molecular formula is C21H30IN3O2. The molecule has 1 saturated heterocycles. The molecule has 2 unspecified atom stereocenters. The summed E-state index contributed by atoms with van der Waals surface area (Å²) in [6, 6.07) is 5.92. The van der Waals surface area contributed by atoms with Crippen molar-refractivity contribution in [1.82, 2.24) is 10.2 Å². The zero-order valence-electron chi connectivity index (χ0n) is 16.2. The fourth-order valence-corrected chi connectivity index (χ4v) is 4.16. The van der Waals surface area contributed by atoms with Crippen LogP contribution >= 0.6 is 24.0 Å². The van der Waals surface area contributed by atoms with Gasteiger partial charge in [-0.1, -0.05) is 24.8 Å². The molecule has 1 aliphatic heterocycles. The van der Waals surface area contributed by atoms with Crippen LogP contribution in [0.25, 0.3) is 0 Å². The molecule has 5 nitrogen and oxygen atoms in total. The Balaban J connectivity index is 0.00000261. The Morgan fingerprint density at radius 1 is 1.26 bits per heavy atom. The third kappa shape index (κ3) is 5.44. The van der Waals surface area contributed by atoms with Crippen LogP contribution in [0, 0.1) is 24.2 Å². The van der Waals surface area contributed by atoms with E-state index in [0.717, 1.165) is 36.4 Å². The van der Waals surface area contributed by atoms with Crippen LogP contribution in [-0.4, -0.2) is 44.7 Å². The number of nitrogens with one attached hydrogen (secondary N) is 1. The summed E-state index contributed by atoms with van der Waals surface area (Å²) in [6.45, 7) is 3.17. The first-order valence-electron chi connectivity index (χ1n) is 9.44. The van der Waals surface area contributed by atoms with E-state index in [9.17, 15) is 0 Å². The van der Waals surface area contributed by atoms with Gasteiger partial charge in [-0.15, -0.1) is 30.4 Å². The van der Waals surface area contributed by atoms with Gasteiger partial charge in [0.2, 0.25) is 0 Å². The van der Waals surface area contributed by atoms with E-state index in [1.54, 1.807) is 7.11 Å². The Morgan fingerprint density at radius 3 is 2.56 bits per heavy atom. The molecule has 6 heteroatoms. The zero-order valence-corrected chi connectivity index (χ0v) is 18.6. The van der Waals surface area contributed by atoms with Crippen LogP contribution in [0.15, 0.2) is 23.2 Å². The molecule has 1 heterocycles. The normalized spacial score (nSPS) is 21.7. The summed E-state index contributed by atoms with van der Waals surface area (Å²) in [5, 5.41) is 3.50. The standard InChI is InChI=1S/C21H29N3O2.HI/c1-4-11-26-20-12-16(9-10-19(20)25-3)13-23-21(22-2)24-14-17-7-5-6-8-18(17)15-24;/h1,9-10,12,17-18H,5-8,11,13-15H2,2-3H3,(H,22,23);1H. The van der Waals surface area contributed by atoms with Crippen molar-refractivity contribution in [2.24, 2.45) is 16.8 Å². The lowest BCUT2D eigenvalue weighted by atomic mass is 9.82. The quantitative estimate of drug-likeness (QED) is 0.302. The number of benzene rings is 1. The number of ether oxygens (including phenoxy) is 2. The molecule has 27 heavy (non-hydrogen) atoms. The van der Waals surface area contributed by atoms with Gasteiger partial charge in [0, 0.05) is 26.7 Å². The van der Waals surface area contributed by atoms with E-state index in [4.69, 9.17) is 15.9 Å². The number of terminal acetylenes is 1. The summed E-state index contributed by atoms with van der Waals surface area (Å²) in [6.07, 6.45) is 10.8. The number of methoxy groups -OCH3 is 1. The number of rotatable bonds is 5. The Kier molecular flexibility index (Phi) is 8.55. The van der Waals surface area contributed by atoms with E-state index >= 15 is 0 Å². The first-order valence-corrected chi connectivity index (χ1v) is 9.44. The molecule has 148 valence electrons. The van der Waals surface area contributed by atoms with Crippen molar-refractivity contribution in [3.05, 3.63) is 23.8 Å². The van der Waals surface area contributed by atoms with E-state index in [-0.39, 0.29) is 30.6 Å². The number of aliphatic imine (C=N–C) groups is 1. The molecule has 1 aromatic carbocycles. The molecule has 2 fully saturated rings. The minimum absolute atomic E-state index is 0. The number of hydrogen-bond donors (Lipinski definition) is 1. The van der Waals surface area contributed by atoms with Crippen molar-refractivity contribution in [2.45, 2.75) is 32.2 Å². The summed E-state index contributed by atoms with van der Waals surface area (Å²) in [5.41, 5.74) is 1.11. The van der Waals surface area contributed by atoms with Crippen LogP contribution in [0.2, 0.25) is 0 Å². The lowest BCUT2D eigenvalue weighted by Crippen LogP contribution is -2.39. The van der Waals surface area contributed by atoms with Gasteiger partial charge in [0.25, 0.3) is 0 Å². The van der Waals surface area contributed by atoms with Crippen LogP contribution in [-0.2, 0) is 6.54 Å². The van der Waals surface area contributed by atoms with Crippen LogP contribution in [0.5, 0.6) is 11.5 Å². The van der Waals surface area contributed by atoms with E-state index in [2.05, 4.69) is 21.1 Å². The zero-order chi connectivity index (χ0) is 18.4. The highest BCUT2D eigenvalue weighted by Gasteiger charge is 2.35. The molecule has 3 rings (SSSR count). The number of likely N-dealkylation sites (tertiary alicyclic amines) is 1. The minimum Gasteiger partial charge on any atom is -0.493 e.